The largest absolute Gasteiger partial charge is 0.350 e. The topological polar surface area (TPSA) is 79.8 Å². The minimum atomic E-state index is -0.214. The number of anilines is 1. The summed E-state index contributed by atoms with van der Waals surface area (Å²) in [5.74, 6) is 0.274. The van der Waals surface area contributed by atoms with Crippen molar-refractivity contribution < 1.29 is 4.79 Å². The minimum absolute atomic E-state index is 0.214. The number of carbonyl (C=O) groups excluding carboxylic acids is 1. The lowest BCUT2D eigenvalue weighted by Crippen LogP contribution is -2.23. The highest BCUT2D eigenvalue weighted by atomic mass is 16.1. The van der Waals surface area contributed by atoms with Gasteiger partial charge in [-0.3, -0.25) is 9.78 Å². The molecule has 0 saturated heterocycles. The predicted molar refractivity (Wildman–Crippen MR) is 91.2 cm³/mol. The fourth-order valence-electron chi connectivity index (χ4n) is 2.10. The van der Waals surface area contributed by atoms with Crippen molar-refractivity contribution >= 4 is 11.9 Å². The van der Waals surface area contributed by atoms with Crippen LogP contribution in [0.3, 0.4) is 0 Å². The summed E-state index contributed by atoms with van der Waals surface area (Å²) in [7, 11) is 0. The van der Waals surface area contributed by atoms with E-state index in [2.05, 4.69) is 25.6 Å². The highest BCUT2D eigenvalue weighted by Crippen LogP contribution is 2.05. The van der Waals surface area contributed by atoms with Gasteiger partial charge in [0.05, 0.1) is 5.56 Å². The Bertz CT molecular complexity index is 776. The Labute approximate surface area is 140 Å². The Balaban J connectivity index is 1.53. The Morgan fingerprint density at radius 2 is 1.62 bits per heavy atom. The van der Waals surface area contributed by atoms with Crippen molar-refractivity contribution in [1.82, 2.24) is 20.3 Å². The Morgan fingerprint density at radius 3 is 2.33 bits per heavy atom. The Kier molecular flexibility index (Phi) is 5.09. The maximum absolute atomic E-state index is 12.1. The number of amides is 1. The second kappa shape index (κ2) is 7.82. The highest BCUT2D eigenvalue weighted by Gasteiger charge is 2.07. The maximum Gasteiger partial charge on any atom is 0.254 e. The van der Waals surface area contributed by atoms with Crippen LogP contribution >= 0.6 is 0 Å². The molecule has 0 aliphatic heterocycles. The molecule has 0 spiro atoms. The van der Waals surface area contributed by atoms with Gasteiger partial charge in [-0.05, 0) is 17.2 Å². The third-order valence-corrected chi connectivity index (χ3v) is 3.38. The molecule has 0 bridgehead atoms. The molecule has 2 heterocycles. The summed E-state index contributed by atoms with van der Waals surface area (Å²) in [6, 6.07) is 13.7. The normalized spacial score (nSPS) is 10.2. The smallest absolute Gasteiger partial charge is 0.254 e. The standard InChI is InChI=1S/C18H17N5O/c24-17(20-11-15-7-4-8-19-9-15)16-12-22-18(23-13-16)21-10-14-5-2-1-3-6-14/h1-9,12-13H,10-11H2,(H,20,24)(H,21,22,23). The molecule has 2 N–H and O–H groups in total. The van der Waals surface area contributed by atoms with Crippen LogP contribution in [0.4, 0.5) is 5.95 Å². The molecule has 120 valence electrons. The van der Waals surface area contributed by atoms with Gasteiger partial charge in [0.2, 0.25) is 5.95 Å². The van der Waals surface area contributed by atoms with E-state index >= 15 is 0 Å². The molecule has 0 fully saturated rings. The number of nitrogens with zero attached hydrogens (tertiary/aromatic N) is 3. The van der Waals surface area contributed by atoms with Crippen molar-refractivity contribution in [3.63, 3.8) is 0 Å². The van der Waals surface area contributed by atoms with Gasteiger partial charge in [-0.25, -0.2) is 9.97 Å². The molecule has 0 radical (unpaired) electrons. The molecule has 3 aromatic rings. The molecule has 6 nitrogen and oxygen atoms in total. The van der Waals surface area contributed by atoms with Crippen LogP contribution in [0.5, 0.6) is 0 Å². The zero-order chi connectivity index (χ0) is 16.6. The molecule has 0 unspecified atom stereocenters. The van der Waals surface area contributed by atoms with E-state index in [1.165, 1.54) is 12.4 Å². The molecule has 0 atom stereocenters. The average Bonchev–Trinajstić information content (AvgIpc) is 2.66. The van der Waals surface area contributed by atoms with Crippen molar-refractivity contribution in [1.29, 1.82) is 0 Å². The number of hydrogen-bond acceptors (Lipinski definition) is 5. The van der Waals surface area contributed by atoms with Crippen LogP contribution in [-0.4, -0.2) is 20.9 Å². The molecule has 3 rings (SSSR count). The average molecular weight is 319 g/mol. The molecule has 0 aliphatic carbocycles. The first-order valence-corrected chi connectivity index (χ1v) is 7.58. The van der Waals surface area contributed by atoms with E-state index in [-0.39, 0.29) is 5.91 Å². The van der Waals surface area contributed by atoms with Gasteiger partial charge in [-0.15, -0.1) is 0 Å². The van der Waals surface area contributed by atoms with Gasteiger partial charge < -0.3 is 10.6 Å². The molecule has 0 saturated carbocycles. The number of pyridine rings is 1. The van der Waals surface area contributed by atoms with Gasteiger partial charge in [0, 0.05) is 37.9 Å². The van der Waals surface area contributed by atoms with Crippen molar-refractivity contribution in [2.45, 2.75) is 13.1 Å². The predicted octanol–water partition coefficient (Wildman–Crippen LogP) is 2.41. The van der Waals surface area contributed by atoms with E-state index in [0.29, 0.717) is 24.6 Å². The van der Waals surface area contributed by atoms with Crippen molar-refractivity contribution in [3.8, 4) is 0 Å². The summed E-state index contributed by atoms with van der Waals surface area (Å²) in [4.78, 5) is 24.4. The fraction of sp³-hybridized carbons (Fsp3) is 0.111. The third kappa shape index (κ3) is 4.36. The minimum Gasteiger partial charge on any atom is -0.350 e. The number of benzene rings is 1. The van der Waals surface area contributed by atoms with E-state index in [0.717, 1.165) is 11.1 Å². The first kappa shape index (κ1) is 15.6. The lowest BCUT2D eigenvalue weighted by atomic mass is 10.2. The lowest BCUT2D eigenvalue weighted by Gasteiger charge is -2.07. The summed E-state index contributed by atoms with van der Waals surface area (Å²) in [6.07, 6.45) is 6.44. The van der Waals surface area contributed by atoms with E-state index in [1.807, 2.05) is 42.5 Å². The molecule has 0 aliphatic rings. The molecule has 1 aromatic carbocycles. The zero-order valence-corrected chi connectivity index (χ0v) is 13.0. The van der Waals surface area contributed by atoms with Crippen molar-refractivity contribution in [2.24, 2.45) is 0 Å². The SMILES string of the molecule is O=C(NCc1cccnc1)c1cnc(NCc2ccccc2)nc1. The quantitative estimate of drug-likeness (QED) is 0.729. The molecule has 24 heavy (non-hydrogen) atoms. The Hall–Kier alpha value is -3.28. The van der Waals surface area contributed by atoms with E-state index in [9.17, 15) is 4.79 Å². The summed E-state index contributed by atoms with van der Waals surface area (Å²) >= 11 is 0. The molecular formula is C18H17N5O. The van der Waals surface area contributed by atoms with Crippen LogP contribution in [0.1, 0.15) is 21.5 Å². The summed E-state index contributed by atoms with van der Waals surface area (Å²) in [5, 5.41) is 5.94. The van der Waals surface area contributed by atoms with Gasteiger partial charge in [0.1, 0.15) is 0 Å². The van der Waals surface area contributed by atoms with Gasteiger partial charge in [0.15, 0.2) is 0 Å². The summed E-state index contributed by atoms with van der Waals surface area (Å²) in [6.45, 7) is 1.05. The highest BCUT2D eigenvalue weighted by molar-refractivity contribution is 5.93. The van der Waals surface area contributed by atoms with Crippen LogP contribution in [0.15, 0.2) is 67.3 Å². The van der Waals surface area contributed by atoms with Crippen LogP contribution in [0, 0.1) is 0 Å². The third-order valence-electron chi connectivity index (χ3n) is 3.38. The second-order valence-electron chi connectivity index (χ2n) is 5.18. The maximum atomic E-state index is 12.1. The number of nitrogens with one attached hydrogen (secondary N) is 2. The summed E-state index contributed by atoms with van der Waals surface area (Å²) in [5.41, 5.74) is 2.50. The first-order chi connectivity index (χ1) is 11.8. The molecule has 2 aromatic heterocycles. The monoisotopic (exact) mass is 319 g/mol. The first-order valence-electron chi connectivity index (χ1n) is 7.58. The number of hydrogen-bond donors (Lipinski definition) is 2. The van der Waals surface area contributed by atoms with Gasteiger partial charge in [-0.2, -0.15) is 0 Å². The number of rotatable bonds is 6. The molecule has 6 heteroatoms. The van der Waals surface area contributed by atoms with Gasteiger partial charge >= 0.3 is 0 Å². The number of carbonyl (C=O) groups is 1. The van der Waals surface area contributed by atoms with Crippen LogP contribution < -0.4 is 10.6 Å². The zero-order valence-electron chi connectivity index (χ0n) is 13.0. The van der Waals surface area contributed by atoms with Crippen molar-refractivity contribution in [2.75, 3.05) is 5.32 Å². The molecular weight excluding hydrogens is 302 g/mol. The van der Waals surface area contributed by atoms with E-state index < -0.39 is 0 Å². The van der Waals surface area contributed by atoms with Gasteiger partial charge in [-0.1, -0.05) is 36.4 Å². The molecule has 1 amide bonds. The van der Waals surface area contributed by atoms with Crippen molar-refractivity contribution in [3.05, 3.63) is 83.9 Å². The Morgan fingerprint density at radius 1 is 0.875 bits per heavy atom. The van der Waals surface area contributed by atoms with Crippen LogP contribution in [0.25, 0.3) is 0 Å². The fourth-order valence-corrected chi connectivity index (χ4v) is 2.10. The van der Waals surface area contributed by atoms with Crippen LogP contribution in [-0.2, 0) is 13.1 Å². The summed E-state index contributed by atoms with van der Waals surface area (Å²) < 4.78 is 0. The number of aromatic nitrogens is 3. The second-order valence-corrected chi connectivity index (χ2v) is 5.18. The van der Waals surface area contributed by atoms with Crippen LogP contribution in [0.2, 0.25) is 0 Å². The lowest BCUT2D eigenvalue weighted by molar-refractivity contribution is 0.0950. The van der Waals surface area contributed by atoms with E-state index in [1.54, 1.807) is 12.4 Å². The van der Waals surface area contributed by atoms with Gasteiger partial charge in [0.25, 0.3) is 5.91 Å². The van der Waals surface area contributed by atoms with E-state index in [4.69, 9.17) is 0 Å².